The van der Waals surface area contributed by atoms with Crippen LogP contribution >= 0.6 is 22.7 Å². The Kier molecular flexibility index (Phi) is 5.90. The van der Waals surface area contributed by atoms with Gasteiger partial charge in [-0.05, 0) is 19.8 Å². The minimum Gasteiger partial charge on any atom is -0.329 e. The quantitative estimate of drug-likeness (QED) is 0.872. The highest BCUT2D eigenvalue weighted by Gasteiger charge is 2.19. The van der Waals surface area contributed by atoms with Crippen molar-refractivity contribution in [1.29, 1.82) is 0 Å². The summed E-state index contributed by atoms with van der Waals surface area (Å²) >= 11 is 3.25. The summed E-state index contributed by atoms with van der Waals surface area (Å²) in [7, 11) is 1.79. The Balaban J connectivity index is 1.94. The first-order chi connectivity index (χ1) is 10.5. The summed E-state index contributed by atoms with van der Waals surface area (Å²) in [6.07, 6.45) is 3.69. The molecule has 0 aromatic carbocycles. The molecule has 7 heteroatoms. The molecular formula is C15H22N4OS2. The summed E-state index contributed by atoms with van der Waals surface area (Å²) in [5.74, 6) is 0. The van der Waals surface area contributed by atoms with Crippen molar-refractivity contribution in [2.24, 2.45) is 0 Å². The third-order valence-electron chi connectivity index (χ3n) is 3.31. The van der Waals surface area contributed by atoms with Gasteiger partial charge in [0.05, 0.1) is 12.6 Å². The van der Waals surface area contributed by atoms with Gasteiger partial charge in [0.15, 0.2) is 0 Å². The first kappa shape index (κ1) is 16.9. The fourth-order valence-electron chi connectivity index (χ4n) is 1.99. The van der Waals surface area contributed by atoms with Crippen molar-refractivity contribution in [3.8, 4) is 0 Å². The Bertz CT molecular complexity index is 623. The monoisotopic (exact) mass is 338 g/mol. The summed E-state index contributed by atoms with van der Waals surface area (Å²) < 4.78 is 0. The van der Waals surface area contributed by atoms with Crippen LogP contribution in [-0.4, -0.2) is 27.9 Å². The summed E-state index contributed by atoms with van der Waals surface area (Å²) in [5, 5.41) is 6.99. The van der Waals surface area contributed by atoms with Crippen molar-refractivity contribution in [1.82, 2.24) is 20.2 Å². The number of aromatic nitrogens is 2. The van der Waals surface area contributed by atoms with E-state index >= 15 is 0 Å². The van der Waals surface area contributed by atoms with Gasteiger partial charge in [-0.2, -0.15) is 0 Å². The number of aryl methyl sites for hydroxylation is 2. The van der Waals surface area contributed by atoms with E-state index in [4.69, 9.17) is 0 Å². The van der Waals surface area contributed by atoms with Crippen molar-refractivity contribution in [3.05, 3.63) is 32.2 Å². The number of carbonyl (C=O) groups is 1. The Morgan fingerprint density at radius 1 is 1.45 bits per heavy atom. The number of carbonyl (C=O) groups excluding carboxylic acids is 1. The van der Waals surface area contributed by atoms with E-state index in [0.29, 0.717) is 6.54 Å². The van der Waals surface area contributed by atoms with Gasteiger partial charge in [-0.25, -0.2) is 14.8 Å². The predicted molar refractivity (Wildman–Crippen MR) is 91.4 cm³/mol. The Labute approximate surface area is 139 Å². The van der Waals surface area contributed by atoms with E-state index in [1.807, 2.05) is 18.5 Å². The molecule has 0 spiro atoms. The minimum atomic E-state index is -0.0899. The smallest absolute Gasteiger partial charge is 0.318 e. The molecule has 1 atom stereocenters. The molecule has 0 unspecified atom stereocenters. The van der Waals surface area contributed by atoms with Crippen LogP contribution in [0.2, 0.25) is 0 Å². The highest BCUT2D eigenvalue weighted by atomic mass is 32.1. The molecule has 2 heterocycles. The van der Waals surface area contributed by atoms with Crippen molar-refractivity contribution in [3.63, 3.8) is 0 Å². The maximum atomic E-state index is 12.3. The largest absolute Gasteiger partial charge is 0.329 e. The molecule has 0 saturated heterocycles. The molecule has 0 bridgehead atoms. The molecular weight excluding hydrogens is 316 g/mol. The molecule has 2 rings (SSSR count). The molecule has 0 fully saturated rings. The van der Waals surface area contributed by atoms with Crippen LogP contribution < -0.4 is 5.32 Å². The molecule has 5 nitrogen and oxygen atoms in total. The van der Waals surface area contributed by atoms with Crippen LogP contribution in [-0.2, 0) is 13.0 Å². The third-order valence-corrected chi connectivity index (χ3v) is 5.51. The standard InChI is InChI=1S/C15H22N4OS2/c1-5-11-7-16-13(22-11)8-19(4)15(20)18-12(6-2)14-17-10(3)9-21-14/h7,9,12H,5-6,8H2,1-4H3,(H,18,20)/t12-/m0/s1. The summed E-state index contributed by atoms with van der Waals surface area (Å²) in [6.45, 7) is 6.66. The summed E-state index contributed by atoms with van der Waals surface area (Å²) in [6, 6.07) is -0.121. The average molecular weight is 339 g/mol. The third kappa shape index (κ3) is 4.27. The molecule has 0 aliphatic rings. The first-order valence-electron chi connectivity index (χ1n) is 7.40. The lowest BCUT2D eigenvalue weighted by atomic mass is 10.2. The van der Waals surface area contributed by atoms with E-state index in [0.717, 1.165) is 28.6 Å². The fourth-order valence-corrected chi connectivity index (χ4v) is 3.84. The number of rotatable bonds is 6. The van der Waals surface area contributed by atoms with Crippen LogP contribution in [0.5, 0.6) is 0 Å². The number of urea groups is 1. The second-order valence-electron chi connectivity index (χ2n) is 5.17. The number of thiazole rings is 2. The number of nitrogens with one attached hydrogen (secondary N) is 1. The van der Waals surface area contributed by atoms with Crippen molar-refractivity contribution < 1.29 is 4.79 Å². The minimum absolute atomic E-state index is 0.0313. The van der Waals surface area contributed by atoms with Crippen LogP contribution in [0, 0.1) is 6.92 Å². The van der Waals surface area contributed by atoms with Crippen molar-refractivity contribution in [2.45, 2.75) is 46.2 Å². The zero-order valence-corrected chi connectivity index (χ0v) is 15.1. The lowest BCUT2D eigenvalue weighted by Crippen LogP contribution is -2.38. The maximum absolute atomic E-state index is 12.3. The van der Waals surface area contributed by atoms with Gasteiger partial charge in [-0.1, -0.05) is 13.8 Å². The van der Waals surface area contributed by atoms with Gasteiger partial charge in [-0.15, -0.1) is 22.7 Å². The van der Waals surface area contributed by atoms with Gasteiger partial charge < -0.3 is 10.2 Å². The van der Waals surface area contributed by atoms with Gasteiger partial charge in [0, 0.05) is 29.2 Å². The second-order valence-corrected chi connectivity index (χ2v) is 7.26. The van der Waals surface area contributed by atoms with Crippen LogP contribution in [0.25, 0.3) is 0 Å². The Morgan fingerprint density at radius 3 is 2.77 bits per heavy atom. The Hall–Kier alpha value is -1.47. The molecule has 120 valence electrons. The zero-order chi connectivity index (χ0) is 16.1. The maximum Gasteiger partial charge on any atom is 0.318 e. The second kappa shape index (κ2) is 7.69. The van der Waals surface area contributed by atoms with E-state index in [9.17, 15) is 4.79 Å². The highest BCUT2D eigenvalue weighted by Crippen LogP contribution is 2.21. The summed E-state index contributed by atoms with van der Waals surface area (Å²) in [5.41, 5.74) is 0.996. The summed E-state index contributed by atoms with van der Waals surface area (Å²) in [4.78, 5) is 24.1. The predicted octanol–water partition coefficient (Wildman–Crippen LogP) is 3.76. The molecule has 2 amide bonds. The van der Waals surface area contributed by atoms with Crippen LogP contribution in [0.3, 0.4) is 0 Å². The van der Waals surface area contributed by atoms with Gasteiger partial charge in [0.25, 0.3) is 0 Å². The van der Waals surface area contributed by atoms with E-state index in [1.54, 1.807) is 34.6 Å². The van der Waals surface area contributed by atoms with E-state index in [-0.39, 0.29) is 12.1 Å². The lowest BCUT2D eigenvalue weighted by molar-refractivity contribution is 0.202. The van der Waals surface area contributed by atoms with Gasteiger partial charge in [-0.3, -0.25) is 0 Å². The number of nitrogens with zero attached hydrogens (tertiary/aromatic N) is 3. The number of hydrogen-bond acceptors (Lipinski definition) is 5. The fraction of sp³-hybridized carbons (Fsp3) is 0.533. The molecule has 1 N–H and O–H groups in total. The number of amides is 2. The van der Waals surface area contributed by atoms with Crippen molar-refractivity contribution >= 4 is 28.7 Å². The molecule has 0 saturated carbocycles. The van der Waals surface area contributed by atoms with Crippen LogP contribution in [0.15, 0.2) is 11.6 Å². The zero-order valence-electron chi connectivity index (χ0n) is 13.4. The molecule has 0 aliphatic heterocycles. The molecule has 22 heavy (non-hydrogen) atoms. The molecule has 0 radical (unpaired) electrons. The average Bonchev–Trinajstić information content (AvgIpc) is 3.13. The van der Waals surface area contributed by atoms with E-state index in [1.165, 1.54) is 4.88 Å². The topological polar surface area (TPSA) is 58.1 Å². The molecule has 0 aliphatic carbocycles. The van der Waals surface area contributed by atoms with Crippen molar-refractivity contribution in [2.75, 3.05) is 7.05 Å². The van der Waals surface area contributed by atoms with Gasteiger partial charge in [0.2, 0.25) is 0 Å². The SMILES string of the molecule is CCc1cnc(CN(C)C(=O)N[C@@H](CC)c2nc(C)cs2)s1. The van der Waals surface area contributed by atoms with E-state index < -0.39 is 0 Å². The van der Waals surface area contributed by atoms with Crippen LogP contribution in [0.1, 0.15) is 46.9 Å². The van der Waals surface area contributed by atoms with Crippen LogP contribution in [0.4, 0.5) is 4.79 Å². The van der Waals surface area contributed by atoms with Gasteiger partial charge in [0.1, 0.15) is 10.0 Å². The van der Waals surface area contributed by atoms with E-state index in [2.05, 4.69) is 29.1 Å². The highest BCUT2D eigenvalue weighted by molar-refractivity contribution is 7.11. The lowest BCUT2D eigenvalue weighted by Gasteiger charge is -2.21. The normalized spacial score (nSPS) is 12.2. The number of hydrogen-bond donors (Lipinski definition) is 1. The first-order valence-corrected chi connectivity index (χ1v) is 9.10. The molecule has 2 aromatic heterocycles. The Morgan fingerprint density at radius 2 is 2.23 bits per heavy atom. The molecule has 2 aromatic rings. The van der Waals surface area contributed by atoms with Gasteiger partial charge >= 0.3 is 6.03 Å².